The fourth-order valence-corrected chi connectivity index (χ4v) is 4.00. The molecule has 12 heteroatoms. The molecule has 2 aromatic carbocycles. The van der Waals surface area contributed by atoms with Crippen molar-refractivity contribution in [1.29, 1.82) is 5.41 Å². The lowest BCUT2D eigenvalue weighted by Crippen LogP contribution is -2.25. The SMILES string of the molecule is COc1cc(CNC(=O)c2cc(Cn3ccn(C)c3=N)cc(-c3ccc(F)cc3C(F)(F)F)n2)cc(OC)c1. The Balaban J connectivity index is 1.74. The van der Waals surface area contributed by atoms with Crippen LogP contribution in [-0.4, -0.2) is 34.2 Å². The number of hydrogen-bond acceptors (Lipinski definition) is 5. The summed E-state index contributed by atoms with van der Waals surface area (Å²) in [6.07, 6.45) is -1.56. The molecule has 8 nitrogen and oxygen atoms in total. The van der Waals surface area contributed by atoms with Crippen molar-refractivity contribution in [3.05, 3.63) is 94.7 Å². The first-order valence-corrected chi connectivity index (χ1v) is 11.6. The maximum Gasteiger partial charge on any atom is 0.417 e. The van der Waals surface area contributed by atoms with E-state index in [4.69, 9.17) is 14.9 Å². The van der Waals surface area contributed by atoms with Gasteiger partial charge in [0.15, 0.2) is 0 Å². The number of imidazole rings is 1. The van der Waals surface area contributed by atoms with E-state index in [1.807, 2.05) is 0 Å². The molecule has 0 saturated carbocycles. The lowest BCUT2D eigenvalue weighted by atomic mass is 10.0. The van der Waals surface area contributed by atoms with Gasteiger partial charge < -0.3 is 23.9 Å². The zero-order valence-corrected chi connectivity index (χ0v) is 21.3. The zero-order valence-electron chi connectivity index (χ0n) is 21.3. The van der Waals surface area contributed by atoms with Gasteiger partial charge in [-0.15, -0.1) is 0 Å². The van der Waals surface area contributed by atoms with Crippen LogP contribution in [0.5, 0.6) is 11.5 Å². The first kappa shape index (κ1) is 27.4. The highest BCUT2D eigenvalue weighted by atomic mass is 19.4. The van der Waals surface area contributed by atoms with Gasteiger partial charge in [0.2, 0.25) is 5.62 Å². The van der Waals surface area contributed by atoms with Crippen molar-refractivity contribution in [2.75, 3.05) is 14.2 Å². The number of methoxy groups -OCH3 is 2. The lowest BCUT2D eigenvalue weighted by molar-refractivity contribution is -0.137. The van der Waals surface area contributed by atoms with Crippen molar-refractivity contribution < 1.29 is 31.8 Å². The number of alkyl halides is 3. The average Bonchev–Trinajstić information content (AvgIpc) is 3.22. The number of aromatic nitrogens is 3. The molecule has 0 atom stereocenters. The van der Waals surface area contributed by atoms with Gasteiger partial charge in [0.05, 0.1) is 32.0 Å². The molecule has 4 rings (SSSR count). The fraction of sp³-hybridized carbons (Fsp3) is 0.222. The predicted octanol–water partition coefficient (Wildman–Crippen LogP) is 4.52. The largest absolute Gasteiger partial charge is 0.497 e. The number of nitrogens with zero attached hydrogens (tertiary/aromatic N) is 3. The highest BCUT2D eigenvalue weighted by Gasteiger charge is 2.34. The van der Waals surface area contributed by atoms with Gasteiger partial charge in [0.1, 0.15) is 23.0 Å². The standard InChI is InChI=1S/C27H25F4N5O3/c1-35-6-7-36(26(35)32)15-17-10-23(21-5-4-18(28)12-22(21)27(29,30)31)34-24(11-17)25(37)33-14-16-8-19(38-2)13-20(9-16)39-3/h4-13,32H,14-15H2,1-3H3,(H,33,37). The molecule has 0 bridgehead atoms. The minimum atomic E-state index is -4.86. The molecule has 1 amide bonds. The second-order valence-corrected chi connectivity index (χ2v) is 8.70. The normalized spacial score (nSPS) is 11.4. The zero-order chi connectivity index (χ0) is 28.3. The van der Waals surface area contributed by atoms with Crippen LogP contribution in [0.2, 0.25) is 0 Å². The molecule has 0 saturated heterocycles. The molecule has 0 aliphatic carbocycles. The van der Waals surface area contributed by atoms with Crippen molar-refractivity contribution in [3.63, 3.8) is 0 Å². The Kier molecular flexibility index (Phi) is 7.75. The summed E-state index contributed by atoms with van der Waals surface area (Å²) < 4.78 is 68.7. The second kappa shape index (κ2) is 11.0. The highest BCUT2D eigenvalue weighted by Crippen LogP contribution is 2.37. The van der Waals surface area contributed by atoms with Gasteiger partial charge >= 0.3 is 6.18 Å². The molecule has 0 radical (unpaired) electrons. The van der Waals surface area contributed by atoms with Crippen LogP contribution in [0.15, 0.2) is 60.9 Å². The number of amides is 1. The molecule has 39 heavy (non-hydrogen) atoms. The number of aryl methyl sites for hydroxylation is 1. The van der Waals surface area contributed by atoms with Crippen molar-refractivity contribution >= 4 is 5.91 Å². The third kappa shape index (κ3) is 6.28. The smallest absolute Gasteiger partial charge is 0.417 e. The van der Waals surface area contributed by atoms with E-state index in [0.29, 0.717) is 28.7 Å². The van der Waals surface area contributed by atoms with E-state index in [0.717, 1.165) is 12.1 Å². The fourth-order valence-electron chi connectivity index (χ4n) is 4.00. The molecular weight excluding hydrogens is 518 g/mol. The Bertz CT molecular complexity index is 1550. The van der Waals surface area contributed by atoms with Crippen molar-refractivity contribution in [3.8, 4) is 22.8 Å². The van der Waals surface area contributed by atoms with E-state index in [2.05, 4.69) is 10.3 Å². The van der Waals surface area contributed by atoms with Crippen LogP contribution in [-0.2, 0) is 26.3 Å². The number of nitrogens with one attached hydrogen (secondary N) is 2. The van der Waals surface area contributed by atoms with Gasteiger partial charge in [-0.05, 0) is 53.6 Å². The summed E-state index contributed by atoms with van der Waals surface area (Å²) in [6, 6.07) is 10.2. The van der Waals surface area contributed by atoms with E-state index in [9.17, 15) is 22.4 Å². The number of halogens is 4. The minimum absolute atomic E-state index is 0.0578. The quantitative estimate of drug-likeness (QED) is 0.320. The number of hydrogen-bond donors (Lipinski definition) is 2. The minimum Gasteiger partial charge on any atom is -0.497 e. The summed E-state index contributed by atoms with van der Waals surface area (Å²) in [6.45, 7) is 0.146. The van der Waals surface area contributed by atoms with Crippen LogP contribution < -0.4 is 20.4 Å². The monoisotopic (exact) mass is 543 g/mol. The molecule has 0 spiro atoms. The Morgan fingerprint density at radius 2 is 1.69 bits per heavy atom. The maximum absolute atomic E-state index is 13.8. The first-order valence-electron chi connectivity index (χ1n) is 11.6. The molecule has 2 heterocycles. The van der Waals surface area contributed by atoms with Gasteiger partial charge in [-0.25, -0.2) is 9.37 Å². The van der Waals surface area contributed by atoms with E-state index >= 15 is 0 Å². The molecular formula is C27H25F4N5O3. The van der Waals surface area contributed by atoms with Gasteiger partial charge in [-0.3, -0.25) is 10.2 Å². The molecule has 2 N–H and O–H groups in total. The van der Waals surface area contributed by atoms with Crippen LogP contribution in [0.25, 0.3) is 11.3 Å². The summed E-state index contributed by atoms with van der Waals surface area (Å²) in [5.74, 6) is -0.654. The number of benzene rings is 2. The number of ether oxygens (including phenoxy) is 2. The van der Waals surface area contributed by atoms with E-state index < -0.39 is 23.5 Å². The number of rotatable bonds is 8. The van der Waals surface area contributed by atoms with Crippen LogP contribution in [0, 0.1) is 11.2 Å². The molecule has 0 aliphatic heterocycles. The van der Waals surface area contributed by atoms with Crippen LogP contribution >= 0.6 is 0 Å². The van der Waals surface area contributed by atoms with Gasteiger partial charge in [-0.1, -0.05) is 0 Å². The first-order chi connectivity index (χ1) is 18.5. The summed E-state index contributed by atoms with van der Waals surface area (Å²) in [5.41, 5.74) is -0.655. The maximum atomic E-state index is 13.8. The topological polar surface area (TPSA) is 94.2 Å². The van der Waals surface area contributed by atoms with Crippen molar-refractivity contribution in [1.82, 2.24) is 19.4 Å². The van der Waals surface area contributed by atoms with Crippen molar-refractivity contribution in [2.45, 2.75) is 19.3 Å². The van der Waals surface area contributed by atoms with E-state index in [-0.39, 0.29) is 35.7 Å². The van der Waals surface area contributed by atoms with E-state index in [1.165, 1.54) is 26.4 Å². The third-order valence-electron chi connectivity index (χ3n) is 5.97. The highest BCUT2D eigenvalue weighted by molar-refractivity contribution is 5.93. The summed E-state index contributed by atoms with van der Waals surface area (Å²) >= 11 is 0. The Labute approximate surface area is 221 Å². The van der Waals surface area contributed by atoms with Gasteiger partial charge in [-0.2, -0.15) is 13.2 Å². The number of carbonyl (C=O) groups is 1. The predicted molar refractivity (Wildman–Crippen MR) is 134 cm³/mol. The second-order valence-electron chi connectivity index (χ2n) is 8.70. The lowest BCUT2D eigenvalue weighted by Gasteiger charge is -2.15. The molecule has 0 aliphatic rings. The summed E-state index contributed by atoms with van der Waals surface area (Å²) in [7, 11) is 4.66. The molecule has 0 fully saturated rings. The summed E-state index contributed by atoms with van der Waals surface area (Å²) in [5, 5.41) is 10.9. The molecule has 0 unspecified atom stereocenters. The molecule has 2 aromatic heterocycles. The van der Waals surface area contributed by atoms with E-state index in [1.54, 1.807) is 46.8 Å². The van der Waals surface area contributed by atoms with Crippen molar-refractivity contribution in [2.24, 2.45) is 7.05 Å². The number of pyridine rings is 1. The summed E-state index contributed by atoms with van der Waals surface area (Å²) in [4.78, 5) is 17.4. The third-order valence-corrected chi connectivity index (χ3v) is 5.97. The Hall–Kier alpha value is -4.61. The van der Waals surface area contributed by atoms with Crippen LogP contribution in [0.1, 0.15) is 27.2 Å². The molecule has 4 aromatic rings. The van der Waals surface area contributed by atoms with Crippen LogP contribution in [0.3, 0.4) is 0 Å². The number of carbonyl (C=O) groups excluding carboxylic acids is 1. The Morgan fingerprint density at radius 1 is 1.00 bits per heavy atom. The van der Waals surface area contributed by atoms with Crippen LogP contribution in [0.4, 0.5) is 17.6 Å². The van der Waals surface area contributed by atoms with Gasteiger partial charge in [0.25, 0.3) is 5.91 Å². The van der Waals surface area contributed by atoms with Gasteiger partial charge in [0, 0.05) is 37.6 Å². The molecule has 204 valence electrons. The average molecular weight is 544 g/mol. The Morgan fingerprint density at radius 3 is 2.28 bits per heavy atom.